The second-order valence-electron chi connectivity index (χ2n) is 7.51. The highest BCUT2D eigenvalue weighted by Gasteiger charge is 2.25. The van der Waals surface area contributed by atoms with E-state index in [1.807, 2.05) is 4.52 Å². The molecule has 2 fully saturated rings. The standard InChI is InChI=1S/C19H31N7O/c1-4-24(5-2)16-12-17(25-9-8-20-14(3)13-25)26-19(21-16)22-18(23-26)15-6-10-27-11-7-15/h12,14-15,20H,4-11,13H2,1-3H3. The van der Waals surface area contributed by atoms with Gasteiger partial charge in [-0.2, -0.15) is 14.5 Å². The van der Waals surface area contributed by atoms with Crippen molar-refractivity contribution in [2.24, 2.45) is 0 Å². The van der Waals surface area contributed by atoms with E-state index in [4.69, 9.17) is 19.8 Å². The first kappa shape index (κ1) is 18.4. The molecule has 0 saturated carbocycles. The summed E-state index contributed by atoms with van der Waals surface area (Å²) in [4.78, 5) is 14.4. The summed E-state index contributed by atoms with van der Waals surface area (Å²) >= 11 is 0. The lowest BCUT2D eigenvalue weighted by Gasteiger charge is -2.34. The molecular formula is C19H31N7O. The molecule has 0 spiro atoms. The van der Waals surface area contributed by atoms with Gasteiger partial charge in [-0.25, -0.2) is 0 Å². The number of nitrogens with zero attached hydrogens (tertiary/aromatic N) is 6. The number of anilines is 2. The molecular weight excluding hydrogens is 342 g/mol. The van der Waals surface area contributed by atoms with Crippen molar-refractivity contribution in [1.29, 1.82) is 0 Å². The van der Waals surface area contributed by atoms with Crippen LogP contribution in [-0.4, -0.2) is 71.6 Å². The van der Waals surface area contributed by atoms with E-state index in [2.05, 4.69) is 42.0 Å². The SMILES string of the molecule is CCN(CC)c1cc(N2CCNC(C)C2)n2nc(C3CCOCC3)nc2n1. The van der Waals surface area contributed by atoms with E-state index >= 15 is 0 Å². The maximum atomic E-state index is 5.51. The Kier molecular flexibility index (Phi) is 5.45. The maximum absolute atomic E-state index is 5.51. The Hall–Kier alpha value is -1.93. The van der Waals surface area contributed by atoms with Gasteiger partial charge in [-0.15, -0.1) is 5.10 Å². The Morgan fingerprint density at radius 3 is 2.70 bits per heavy atom. The molecule has 27 heavy (non-hydrogen) atoms. The van der Waals surface area contributed by atoms with E-state index in [1.165, 1.54) is 0 Å². The molecule has 0 bridgehead atoms. The first-order chi connectivity index (χ1) is 13.2. The molecule has 1 atom stereocenters. The third-order valence-corrected chi connectivity index (χ3v) is 5.66. The van der Waals surface area contributed by atoms with Crippen LogP contribution in [0.5, 0.6) is 0 Å². The Labute approximate surface area is 160 Å². The van der Waals surface area contributed by atoms with Crippen LogP contribution in [0.2, 0.25) is 0 Å². The van der Waals surface area contributed by atoms with Gasteiger partial charge < -0.3 is 19.9 Å². The molecule has 0 amide bonds. The quantitative estimate of drug-likeness (QED) is 0.855. The van der Waals surface area contributed by atoms with E-state index < -0.39 is 0 Å². The molecule has 1 unspecified atom stereocenters. The molecule has 4 heterocycles. The average molecular weight is 374 g/mol. The Morgan fingerprint density at radius 1 is 1.22 bits per heavy atom. The van der Waals surface area contributed by atoms with Gasteiger partial charge in [0.25, 0.3) is 5.78 Å². The summed E-state index contributed by atoms with van der Waals surface area (Å²) in [6, 6.07) is 2.64. The predicted molar refractivity (Wildman–Crippen MR) is 107 cm³/mol. The molecule has 0 aromatic carbocycles. The van der Waals surface area contributed by atoms with Gasteiger partial charge in [-0.05, 0) is 33.6 Å². The zero-order valence-electron chi connectivity index (χ0n) is 16.7. The van der Waals surface area contributed by atoms with Crippen LogP contribution in [0, 0.1) is 0 Å². The highest BCUT2D eigenvalue weighted by molar-refractivity contribution is 5.57. The summed E-state index contributed by atoms with van der Waals surface area (Å²) in [6.45, 7) is 12.9. The second-order valence-corrected chi connectivity index (χ2v) is 7.51. The van der Waals surface area contributed by atoms with Gasteiger partial charge in [-0.3, -0.25) is 0 Å². The van der Waals surface area contributed by atoms with Crippen molar-refractivity contribution in [3.8, 4) is 0 Å². The summed E-state index contributed by atoms with van der Waals surface area (Å²) in [5, 5.41) is 8.42. The number of hydrogen-bond donors (Lipinski definition) is 1. The van der Waals surface area contributed by atoms with Crippen molar-refractivity contribution in [3.63, 3.8) is 0 Å². The molecule has 8 nitrogen and oxygen atoms in total. The number of piperazine rings is 1. The molecule has 0 radical (unpaired) electrons. The summed E-state index contributed by atoms with van der Waals surface area (Å²) in [6.07, 6.45) is 1.97. The third-order valence-electron chi connectivity index (χ3n) is 5.66. The largest absolute Gasteiger partial charge is 0.381 e. The van der Waals surface area contributed by atoms with Crippen LogP contribution in [-0.2, 0) is 4.74 Å². The number of fused-ring (bicyclic) bond motifs is 1. The Balaban J connectivity index is 1.77. The zero-order valence-corrected chi connectivity index (χ0v) is 16.7. The van der Waals surface area contributed by atoms with Crippen LogP contribution in [0.25, 0.3) is 5.78 Å². The summed E-state index contributed by atoms with van der Waals surface area (Å²) in [5.74, 6) is 4.07. The van der Waals surface area contributed by atoms with Crippen LogP contribution in [0.15, 0.2) is 6.07 Å². The minimum atomic E-state index is 0.368. The molecule has 8 heteroatoms. The number of hydrogen-bond acceptors (Lipinski definition) is 7. The number of aromatic nitrogens is 4. The fraction of sp³-hybridized carbons (Fsp3) is 0.737. The van der Waals surface area contributed by atoms with Crippen molar-refractivity contribution >= 4 is 17.4 Å². The van der Waals surface area contributed by atoms with E-state index in [9.17, 15) is 0 Å². The molecule has 2 aliphatic heterocycles. The third kappa shape index (κ3) is 3.73. The first-order valence-corrected chi connectivity index (χ1v) is 10.3. The molecule has 2 aliphatic rings. The Bertz CT molecular complexity index is 767. The lowest BCUT2D eigenvalue weighted by Crippen LogP contribution is -2.50. The van der Waals surface area contributed by atoms with Gasteiger partial charge in [0.2, 0.25) is 0 Å². The maximum Gasteiger partial charge on any atom is 0.256 e. The van der Waals surface area contributed by atoms with Crippen molar-refractivity contribution in [1.82, 2.24) is 24.9 Å². The van der Waals surface area contributed by atoms with Crippen LogP contribution >= 0.6 is 0 Å². The second kappa shape index (κ2) is 7.98. The smallest absolute Gasteiger partial charge is 0.256 e. The van der Waals surface area contributed by atoms with Crippen LogP contribution in [0.4, 0.5) is 11.6 Å². The number of nitrogens with one attached hydrogen (secondary N) is 1. The molecule has 2 saturated heterocycles. The van der Waals surface area contributed by atoms with Crippen LogP contribution in [0.1, 0.15) is 45.4 Å². The summed E-state index contributed by atoms with van der Waals surface area (Å²) < 4.78 is 7.46. The predicted octanol–water partition coefficient (Wildman–Crippen LogP) is 1.66. The number of ether oxygens (including phenoxy) is 1. The lowest BCUT2D eigenvalue weighted by molar-refractivity contribution is 0.0836. The molecule has 2 aromatic heterocycles. The average Bonchev–Trinajstić information content (AvgIpc) is 3.13. The van der Waals surface area contributed by atoms with Gasteiger partial charge in [0.15, 0.2) is 5.82 Å². The van der Waals surface area contributed by atoms with Gasteiger partial charge in [0.1, 0.15) is 11.6 Å². The van der Waals surface area contributed by atoms with Gasteiger partial charge in [-0.1, -0.05) is 0 Å². The Morgan fingerprint density at radius 2 is 2.00 bits per heavy atom. The lowest BCUT2D eigenvalue weighted by atomic mass is 10.00. The van der Waals surface area contributed by atoms with Crippen molar-refractivity contribution in [3.05, 3.63) is 11.9 Å². The van der Waals surface area contributed by atoms with Crippen molar-refractivity contribution in [2.45, 2.75) is 45.6 Å². The molecule has 0 aliphatic carbocycles. The van der Waals surface area contributed by atoms with Gasteiger partial charge >= 0.3 is 0 Å². The monoisotopic (exact) mass is 373 g/mol. The van der Waals surface area contributed by atoms with Crippen molar-refractivity contribution < 1.29 is 4.74 Å². The van der Waals surface area contributed by atoms with E-state index in [1.54, 1.807) is 0 Å². The van der Waals surface area contributed by atoms with Gasteiger partial charge in [0.05, 0.1) is 0 Å². The topological polar surface area (TPSA) is 70.8 Å². The highest BCUT2D eigenvalue weighted by atomic mass is 16.5. The fourth-order valence-corrected chi connectivity index (χ4v) is 4.06. The normalized spacial score (nSPS) is 21.7. The first-order valence-electron chi connectivity index (χ1n) is 10.3. The minimum Gasteiger partial charge on any atom is -0.381 e. The highest BCUT2D eigenvalue weighted by Crippen LogP contribution is 2.28. The molecule has 4 rings (SSSR count). The molecule has 1 N–H and O–H groups in total. The molecule has 2 aromatic rings. The fourth-order valence-electron chi connectivity index (χ4n) is 4.06. The summed E-state index contributed by atoms with van der Waals surface area (Å²) in [5.41, 5.74) is 0. The van der Waals surface area contributed by atoms with E-state index in [0.717, 1.165) is 76.2 Å². The van der Waals surface area contributed by atoms with Crippen LogP contribution < -0.4 is 15.1 Å². The minimum absolute atomic E-state index is 0.368. The van der Waals surface area contributed by atoms with Crippen molar-refractivity contribution in [2.75, 3.05) is 55.7 Å². The van der Waals surface area contributed by atoms with E-state index in [-0.39, 0.29) is 0 Å². The van der Waals surface area contributed by atoms with Gasteiger partial charge in [0, 0.05) is 64.0 Å². The number of rotatable bonds is 5. The zero-order chi connectivity index (χ0) is 18.8. The van der Waals surface area contributed by atoms with Crippen LogP contribution in [0.3, 0.4) is 0 Å². The molecule has 148 valence electrons. The van der Waals surface area contributed by atoms with E-state index in [0.29, 0.717) is 17.7 Å². The summed E-state index contributed by atoms with van der Waals surface area (Å²) in [7, 11) is 0.